The smallest absolute Gasteiger partial charge is 0.0162 e. The van der Waals surface area contributed by atoms with Crippen LogP contribution in [0.3, 0.4) is 0 Å². The van der Waals surface area contributed by atoms with Crippen LogP contribution in [0.25, 0.3) is 0 Å². The second-order valence-corrected chi connectivity index (χ2v) is 18.3. The van der Waals surface area contributed by atoms with E-state index in [0.29, 0.717) is 0 Å². The molecule has 66 heavy (non-hydrogen) atoms. The van der Waals surface area contributed by atoms with E-state index in [9.17, 15) is 0 Å². The van der Waals surface area contributed by atoms with Crippen molar-refractivity contribution in [2.75, 3.05) is 101 Å². The minimum atomic E-state index is 0. The number of aryl methyl sites for hydroxylation is 6. The zero-order chi connectivity index (χ0) is 46.1. The predicted molar refractivity (Wildman–Crippen MR) is 270 cm³/mol. The molecular formula is C56H88N6W4-4. The van der Waals surface area contributed by atoms with E-state index in [2.05, 4.69) is 161 Å². The summed E-state index contributed by atoms with van der Waals surface area (Å²) >= 11 is 0. The third-order valence-electron chi connectivity index (χ3n) is 11.3. The zero-order valence-corrected chi connectivity index (χ0v) is 55.4. The summed E-state index contributed by atoms with van der Waals surface area (Å²) in [5.74, 6) is 1.96. The number of benzene rings is 3. The van der Waals surface area contributed by atoms with Gasteiger partial charge in [-0.3, -0.25) is 0 Å². The van der Waals surface area contributed by atoms with Crippen molar-refractivity contribution in [1.82, 2.24) is 29.5 Å². The van der Waals surface area contributed by atoms with Crippen LogP contribution in [0.2, 0.25) is 0 Å². The molecule has 0 N–H and O–H groups in total. The average Bonchev–Trinajstić information content (AvgIpc) is 3.26. The molecule has 0 spiro atoms. The Balaban J connectivity index is -0.000000330. The van der Waals surface area contributed by atoms with Crippen LogP contribution in [0.5, 0.6) is 0 Å². The fraction of sp³-hybridized carbons (Fsp3) is 0.554. The maximum Gasteiger partial charge on any atom is 0.0162 e. The van der Waals surface area contributed by atoms with E-state index in [1.54, 1.807) is 17.8 Å². The van der Waals surface area contributed by atoms with E-state index in [0.717, 1.165) is 18.4 Å². The maximum atomic E-state index is 3.76. The summed E-state index contributed by atoms with van der Waals surface area (Å²) in [4.78, 5) is 15.6. The van der Waals surface area contributed by atoms with Crippen molar-refractivity contribution in [2.24, 2.45) is 11.8 Å². The SMILES string of the molecule is CC1=CCN(C)CC1.CC1CCN(C)CC1.CC1CCN(C)CC1.CN1CCN(C)CC1.Cc1[c-]cc(C)cc1.Cc1[c-]cc(C)cc1.Cc1cc[c-]cc1.Cc1cc[c-]nc1.[W].[W].[W].[W]. The molecular weight excluding hydrogens is 1490 g/mol. The molecule has 370 valence electrons. The number of pyridine rings is 1. The summed E-state index contributed by atoms with van der Waals surface area (Å²) in [6.45, 7) is 31.7. The number of likely N-dealkylation sites (tertiary alicyclic amines) is 2. The second-order valence-electron chi connectivity index (χ2n) is 18.3. The number of likely N-dealkylation sites (N-methyl/N-ethyl adjacent to an activating group) is 3. The van der Waals surface area contributed by atoms with Crippen molar-refractivity contribution in [3.8, 4) is 0 Å². The van der Waals surface area contributed by atoms with Crippen LogP contribution >= 0.6 is 0 Å². The number of nitrogens with zero attached hydrogens (tertiary/aromatic N) is 6. The van der Waals surface area contributed by atoms with Crippen LogP contribution in [-0.4, -0.2) is 130 Å². The van der Waals surface area contributed by atoms with Gasteiger partial charge in [0.15, 0.2) is 0 Å². The van der Waals surface area contributed by atoms with Crippen LogP contribution in [0.4, 0.5) is 0 Å². The molecule has 3 aromatic carbocycles. The van der Waals surface area contributed by atoms with Crippen molar-refractivity contribution < 1.29 is 84.3 Å². The molecule has 10 heteroatoms. The van der Waals surface area contributed by atoms with Gasteiger partial charge in [-0.05, 0) is 112 Å². The van der Waals surface area contributed by atoms with E-state index in [-0.39, 0.29) is 84.3 Å². The molecule has 0 amide bonds. The Morgan fingerprint density at radius 1 is 0.455 bits per heavy atom. The summed E-state index contributed by atoms with van der Waals surface area (Å²) in [6.07, 6.45) is 13.6. The van der Waals surface area contributed by atoms with Gasteiger partial charge in [0.2, 0.25) is 0 Å². The Hall–Kier alpha value is -0.897. The van der Waals surface area contributed by atoms with Crippen molar-refractivity contribution in [3.63, 3.8) is 0 Å². The molecule has 0 radical (unpaired) electrons. The first-order chi connectivity index (χ1) is 29.5. The van der Waals surface area contributed by atoms with Crippen molar-refractivity contribution in [3.05, 3.63) is 148 Å². The van der Waals surface area contributed by atoms with Gasteiger partial charge in [0, 0.05) is 124 Å². The van der Waals surface area contributed by atoms with E-state index in [1.807, 2.05) is 63.2 Å². The van der Waals surface area contributed by atoms with Gasteiger partial charge < -0.3 is 29.5 Å². The number of piperidine rings is 2. The molecule has 0 saturated carbocycles. The zero-order valence-electron chi connectivity index (χ0n) is 43.7. The van der Waals surface area contributed by atoms with Crippen molar-refractivity contribution in [2.45, 2.75) is 94.4 Å². The normalized spacial score (nSPS) is 16.4. The average molecular weight is 1580 g/mol. The standard InChI is InChI=1S/2C8H9.2C7H15N.C7H13N.C7H7.C6H14N2.C6H6N.4W/c5*1-7-3-5-8(2)6-4-7;1-7-5-3-2-4-6-7;1-7-3-5-8(2)6-4-7;1-6-3-2-4-7-5-6;;;;/h2*3-5H,1-2H3;2*7H,3-6H2,1-2H3;3H,4-6H2,1-2H3;3-6H,1H3;3-6H2,1-2H3;2-3,5H,1H3;;;;/q2*-1;;;;-1;;-1;;;;. The molecule has 6 nitrogen and oxygen atoms in total. The first-order valence-corrected chi connectivity index (χ1v) is 23.2. The number of aromatic nitrogens is 1. The fourth-order valence-corrected chi connectivity index (χ4v) is 6.08. The Morgan fingerprint density at radius 3 is 1.08 bits per heavy atom. The van der Waals surface area contributed by atoms with Crippen LogP contribution in [0.15, 0.2) is 90.6 Å². The van der Waals surface area contributed by atoms with Gasteiger partial charge in [0.1, 0.15) is 0 Å². The van der Waals surface area contributed by atoms with E-state index < -0.39 is 0 Å². The minimum absolute atomic E-state index is 0. The Morgan fingerprint density at radius 2 is 0.848 bits per heavy atom. The fourth-order valence-electron chi connectivity index (χ4n) is 6.08. The van der Waals surface area contributed by atoms with E-state index >= 15 is 0 Å². The van der Waals surface area contributed by atoms with Crippen LogP contribution in [-0.2, 0) is 84.3 Å². The van der Waals surface area contributed by atoms with Crippen LogP contribution in [0, 0.1) is 77.8 Å². The molecule has 4 aliphatic rings. The van der Waals surface area contributed by atoms with Gasteiger partial charge >= 0.3 is 0 Å². The molecule has 0 atom stereocenters. The first kappa shape index (κ1) is 71.7. The van der Waals surface area contributed by atoms with Crippen molar-refractivity contribution in [1.29, 1.82) is 0 Å². The number of hydrogen-bond acceptors (Lipinski definition) is 6. The van der Waals surface area contributed by atoms with Gasteiger partial charge in [-0.1, -0.05) is 79.4 Å². The predicted octanol–water partition coefficient (Wildman–Crippen LogP) is 11.0. The molecule has 3 fully saturated rings. The van der Waals surface area contributed by atoms with Gasteiger partial charge in [-0.15, -0.1) is 5.56 Å². The Bertz CT molecular complexity index is 1440. The first-order valence-electron chi connectivity index (χ1n) is 23.2. The Labute approximate surface area is 465 Å². The molecule has 8 rings (SSSR count). The monoisotopic (exact) mass is 1580 g/mol. The van der Waals surface area contributed by atoms with E-state index in [1.165, 1.54) is 124 Å². The van der Waals surface area contributed by atoms with Crippen LogP contribution < -0.4 is 0 Å². The quantitative estimate of drug-likeness (QED) is 0.129. The largest absolute Gasteiger partial charge is 0.394 e. The molecule has 3 saturated heterocycles. The summed E-state index contributed by atoms with van der Waals surface area (Å²) in [5, 5.41) is 0. The van der Waals surface area contributed by atoms with Gasteiger partial charge in [-0.2, -0.15) is 119 Å². The minimum Gasteiger partial charge on any atom is -0.394 e. The second kappa shape index (κ2) is 45.3. The summed E-state index contributed by atoms with van der Waals surface area (Å²) in [7, 11) is 10.9. The summed E-state index contributed by atoms with van der Waals surface area (Å²) in [5.41, 5.74) is 8.97. The van der Waals surface area contributed by atoms with Gasteiger partial charge in [0.25, 0.3) is 0 Å². The Kier molecular flexibility index (Phi) is 49.1. The number of piperazine rings is 1. The molecule has 0 unspecified atom stereocenters. The maximum absolute atomic E-state index is 3.76. The molecule has 0 aliphatic carbocycles. The topological polar surface area (TPSA) is 29.1 Å². The van der Waals surface area contributed by atoms with Crippen LogP contribution in [0.1, 0.15) is 86.3 Å². The van der Waals surface area contributed by atoms with Gasteiger partial charge in [-0.25, -0.2) is 0 Å². The third-order valence-corrected chi connectivity index (χ3v) is 11.3. The number of rotatable bonds is 0. The van der Waals surface area contributed by atoms with Crippen molar-refractivity contribution >= 4 is 0 Å². The molecule has 4 aliphatic heterocycles. The molecule has 4 aromatic rings. The summed E-state index contributed by atoms with van der Waals surface area (Å²) < 4.78 is 0. The third kappa shape index (κ3) is 43.1. The molecule has 1 aromatic heterocycles. The molecule has 0 bridgehead atoms. The number of hydrogen-bond donors (Lipinski definition) is 0. The molecule has 5 heterocycles. The van der Waals surface area contributed by atoms with E-state index in [4.69, 9.17) is 0 Å². The van der Waals surface area contributed by atoms with Gasteiger partial charge in [0.05, 0.1) is 0 Å². The summed E-state index contributed by atoms with van der Waals surface area (Å²) in [6, 6.07) is 33.1.